The van der Waals surface area contributed by atoms with Crippen LogP contribution in [-0.4, -0.2) is 17.4 Å². The molecule has 0 aliphatic heterocycles. The van der Waals surface area contributed by atoms with Crippen molar-refractivity contribution in [2.24, 2.45) is 0 Å². The number of nitrogens with one attached hydrogen (secondary N) is 2. The van der Waals surface area contributed by atoms with E-state index in [4.69, 9.17) is 4.42 Å². The van der Waals surface area contributed by atoms with Crippen LogP contribution in [0.15, 0.2) is 41.1 Å². The van der Waals surface area contributed by atoms with Crippen molar-refractivity contribution < 1.29 is 9.21 Å². The maximum atomic E-state index is 11.8. The zero-order chi connectivity index (χ0) is 14.2. The highest BCUT2D eigenvalue weighted by Crippen LogP contribution is 2.12. The Bertz CT molecular complexity index is 521. The summed E-state index contributed by atoms with van der Waals surface area (Å²) in [5, 5.41) is 5.97. The van der Waals surface area contributed by atoms with Gasteiger partial charge in [0.2, 0.25) is 0 Å². The third-order valence-electron chi connectivity index (χ3n) is 2.85. The molecular weight excluding hydrogens is 254 g/mol. The molecule has 20 heavy (non-hydrogen) atoms. The highest BCUT2D eigenvalue weighted by molar-refractivity contribution is 6.02. The number of aromatic nitrogens is 1. The highest BCUT2D eigenvalue weighted by atomic mass is 16.3. The predicted molar refractivity (Wildman–Crippen MR) is 78.9 cm³/mol. The first-order valence-corrected chi connectivity index (χ1v) is 6.84. The molecular formula is C15H19N3O2. The van der Waals surface area contributed by atoms with Crippen molar-refractivity contribution in [2.75, 3.05) is 17.2 Å². The normalized spacial score (nSPS) is 10.2. The van der Waals surface area contributed by atoms with Crippen molar-refractivity contribution in [3.05, 3.63) is 42.5 Å². The SMILES string of the molecule is CCCCCNc1ccc(NC(=O)c2ccco2)cn1. The Kier molecular flexibility index (Phi) is 5.17. The maximum absolute atomic E-state index is 11.8. The Hall–Kier alpha value is -2.30. The first-order valence-electron chi connectivity index (χ1n) is 6.84. The monoisotopic (exact) mass is 273 g/mol. The van der Waals surface area contributed by atoms with E-state index in [0.29, 0.717) is 5.69 Å². The van der Waals surface area contributed by atoms with Crippen molar-refractivity contribution in [3.8, 4) is 0 Å². The molecule has 0 aliphatic rings. The lowest BCUT2D eigenvalue weighted by Gasteiger charge is -2.06. The second-order valence-corrected chi connectivity index (χ2v) is 4.50. The Morgan fingerprint density at radius 1 is 1.30 bits per heavy atom. The molecule has 5 heteroatoms. The average Bonchev–Trinajstić information content (AvgIpc) is 3.00. The van der Waals surface area contributed by atoms with Gasteiger partial charge in [-0.15, -0.1) is 0 Å². The van der Waals surface area contributed by atoms with Gasteiger partial charge in [0.05, 0.1) is 18.1 Å². The summed E-state index contributed by atoms with van der Waals surface area (Å²) in [6, 6.07) is 6.96. The van der Waals surface area contributed by atoms with Crippen molar-refractivity contribution in [3.63, 3.8) is 0 Å². The number of furan rings is 1. The summed E-state index contributed by atoms with van der Waals surface area (Å²) < 4.78 is 5.02. The molecule has 1 amide bonds. The van der Waals surface area contributed by atoms with Gasteiger partial charge in [0.15, 0.2) is 5.76 Å². The van der Waals surface area contributed by atoms with E-state index in [1.807, 2.05) is 12.1 Å². The van der Waals surface area contributed by atoms with Crippen molar-refractivity contribution in [2.45, 2.75) is 26.2 Å². The van der Waals surface area contributed by atoms with Crippen LogP contribution in [0, 0.1) is 0 Å². The first kappa shape index (κ1) is 14.1. The van der Waals surface area contributed by atoms with E-state index in [1.54, 1.807) is 18.3 Å². The van der Waals surface area contributed by atoms with Gasteiger partial charge in [0, 0.05) is 6.54 Å². The fraction of sp³-hybridized carbons (Fsp3) is 0.333. The van der Waals surface area contributed by atoms with Gasteiger partial charge in [-0.1, -0.05) is 19.8 Å². The maximum Gasteiger partial charge on any atom is 0.291 e. The number of pyridine rings is 1. The van der Waals surface area contributed by atoms with Gasteiger partial charge in [-0.25, -0.2) is 4.98 Å². The molecule has 106 valence electrons. The van der Waals surface area contributed by atoms with Gasteiger partial charge < -0.3 is 15.1 Å². The summed E-state index contributed by atoms with van der Waals surface area (Å²) in [5.74, 6) is 0.823. The summed E-state index contributed by atoms with van der Waals surface area (Å²) in [6.07, 6.45) is 6.64. The quantitative estimate of drug-likeness (QED) is 0.757. The van der Waals surface area contributed by atoms with Crippen LogP contribution in [-0.2, 0) is 0 Å². The van der Waals surface area contributed by atoms with Crippen LogP contribution in [0.2, 0.25) is 0 Å². The number of carbonyl (C=O) groups excluding carboxylic acids is 1. The average molecular weight is 273 g/mol. The predicted octanol–water partition coefficient (Wildman–Crippen LogP) is 3.53. The van der Waals surface area contributed by atoms with Crippen LogP contribution in [0.4, 0.5) is 11.5 Å². The summed E-state index contributed by atoms with van der Waals surface area (Å²) in [7, 11) is 0. The van der Waals surface area contributed by atoms with Crippen LogP contribution in [0.1, 0.15) is 36.7 Å². The van der Waals surface area contributed by atoms with Crippen LogP contribution in [0.5, 0.6) is 0 Å². The summed E-state index contributed by atoms with van der Waals surface area (Å²) in [6.45, 7) is 3.09. The van der Waals surface area contributed by atoms with E-state index in [2.05, 4.69) is 22.5 Å². The molecule has 2 heterocycles. The molecule has 0 aliphatic carbocycles. The van der Waals surface area contributed by atoms with Crippen LogP contribution < -0.4 is 10.6 Å². The molecule has 0 saturated carbocycles. The van der Waals surface area contributed by atoms with Crippen LogP contribution >= 0.6 is 0 Å². The van der Waals surface area contributed by atoms with Gasteiger partial charge in [0.1, 0.15) is 5.82 Å². The van der Waals surface area contributed by atoms with Gasteiger partial charge in [0.25, 0.3) is 5.91 Å². The van der Waals surface area contributed by atoms with Gasteiger partial charge in [-0.05, 0) is 30.7 Å². The van der Waals surface area contributed by atoms with E-state index < -0.39 is 0 Å². The summed E-state index contributed by atoms with van der Waals surface area (Å²) >= 11 is 0. The zero-order valence-corrected chi connectivity index (χ0v) is 11.6. The van der Waals surface area contributed by atoms with Gasteiger partial charge in [-0.3, -0.25) is 4.79 Å². The van der Waals surface area contributed by atoms with Gasteiger partial charge in [-0.2, -0.15) is 0 Å². The molecule has 0 fully saturated rings. The second-order valence-electron chi connectivity index (χ2n) is 4.50. The number of rotatable bonds is 7. The standard InChI is InChI=1S/C15H19N3O2/c1-2-3-4-9-16-14-8-7-12(11-17-14)18-15(19)13-6-5-10-20-13/h5-8,10-11H,2-4,9H2,1H3,(H,16,17)(H,18,19). The number of unbranched alkanes of at least 4 members (excludes halogenated alkanes) is 2. The molecule has 0 radical (unpaired) electrons. The Labute approximate surface area is 118 Å². The topological polar surface area (TPSA) is 67.2 Å². The minimum Gasteiger partial charge on any atom is -0.459 e. The fourth-order valence-corrected chi connectivity index (χ4v) is 1.76. The minimum atomic E-state index is -0.277. The van der Waals surface area contributed by atoms with E-state index in [-0.39, 0.29) is 11.7 Å². The fourth-order valence-electron chi connectivity index (χ4n) is 1.76. The van der Waals surface area contributed by atoms with E-state index in [9.17, 15) is 4.79 Å². The molecule has 0 aromatic carbocycles. The molecule has 0 bridgehead atoms. The zero-order valence-electron chi connectivity index (χ0n) is 11.6. The van der Waals surface area contributed by atoms with E-state index in [1.165, 1.54) is 19.1 Å². The lowest BCUT2D eigenvalue weighted by atomic mass is 10.2. The Morgan fingerprint density at radius 2 is 2.20 bits per heavy atom. The number of nitrogens with zero attached hydrogens (tertiary/aromatic N) is 1. The summed E-state index contributed by atoms with van der Waals surface area (Å²) in [4.78, 5) is 16.0. The van der Waals surface area contributed by atoms with Crippen molar-refractivity contribution >= 4 is 17.4 Å². The van der Waals surface area contributed by atoms with E-state index in [0.717, 1.165) is 18.8 Å². The van der Waals surface area contributed by atoms with Crippen LogP contribution in [0.25, 0.3) is 0 Å². The number of carbonyl (C=O) groups is 1. The number of hydrogen-bond acceptors (Lipinski definition) is 4. The molecule has 2 aromatic rings. The number of hydrogen-bond donors (Lipinski definition) is 2. The molecule has 0 atom stereocenters. The van der Waals surface area contributed by atoms with Crippen LogP contribution in [0.3, 0.4) is 0 Å². The largest absolute Gasteiger partial charge is 0.459 e. The molecule has 0 saturated heterocycles. The smallest absolute Gasteiger partial charge is 0.291 e. The third-order valence-corrected chi connectivity index (χ3v) is 2.85. The molecule has 5 nitrogen and oxygen atoms in total. The lowest BCUT2D eigenvalue weighted by Crippen LogP contribution is -2.11. The van der Waals surface area contributed by atoms with Crippen molar-refractivity contribution in [1.29, 1.82) is 0 Å². The molecule has 0 spiro atoms. The Balaban J connectivity index is 1.83. The van der Waals surface area contributed by atoms with Gasteiger partial charge >= 0.3 is 0 Å². The third kappa shape index (κ3) is 4.12. The molecule has 2 rings (SSSR count). The number of amides is 1. The minimum absolute atomic E-state index is 0.277. The summed E-state index contributed by atoms with van der Waals surface area (Å²) in [5.41, 5.74) is 0.644. The highest BCUT2D eigenvalue weighted by Gasteiger charge is 2.08. The molecule has 2 aromatic heterocycles. The second kappa shape index (κ2) is 7.33. The lowest BCUT2D eigenvalue weighted by molar-refractivity contribution is 0.0996. The molecule has 0 unspecified atom stereocenters. The molecule has 2 N–H and O–H groups in total. The van der Waals surface area contributed by atoms with E-state index >= 15 is 0 Å². The Morgan fingerprint density at radius 3 is 2.85 bits per heavy atom. The number of anilines is 2. The first-order chi connectivity index (χ1) is 9.79. The van der Waals surface area contributed by atoms with Crippen molar-refractivity contribution in [1.82, 2.24) is 4.98 Å².